The molecule has 2 aliphatic rings. The van der Waals surface area contributed by atoms with Crippen molar-refractivity contribution in [1.29, 1.82) is 0 Å². The number of nitrogens with two attached hydrogens (primary N) is 1. The zero-order valence-electron chi connectivity index (χ0n) is 10.3. The van der Waals surface area contributed by atoms with E-state index in [0.29, 0.717) is 4.99 Å². The van der Waals surface area contributed by atoms with Gasteiger partial charge in [-0.3, -0.25) is 4.79 Å². The zero-order chi connectivity index (χ0) is 12.9. The van der Waals surface area contributed by atoms with E-state index in [0.717, 1.165) is 24.9 Å². The Bertz CT molecular complexity index is 536. The molecule has 1 unspecified atom stereocenters. The van der Waals surface area contributed by atoms with Crippen LogP contribution in [-0.2, 0) is 11.2 Å². The van der Waals surface area contributed by atoms with E-state index >= 15 is 0 Å². The van der Waals surface area contributed by atoms with Crippen molar-refractivity contribution in [1.82, 2.24) is 0 Å². The number of hydrogen-bond donors (Lipinski definition) is 1. The molecule has 1 atom stereocenters. The molecule has 1 saturated carbocycles. The Morgan fingerprint density at radius 3 is 2.72 bits per heavy atom. The number of amides is 1. The lowest BCUT2D eigenvalue weighted by atomic mass is 10.0. The van der Waals surface area contributed by atoms with E-state index in [4.69, 9.17) is 18.0 Å². The normalized spacial score (nSPS) is 23.6. The van der Waals surface area contributed by atoms with E-state index in [1.165, 1.54) is 5.56 Å². The van der Waals surface area contributed by atoms with Gasteiger partial charge in [0.1, 0.15) is 0 Å². The maximum Gasteiger partial charge on any atom is 0.240 e. The monoisotopic (exact) mass is 260 g/mol. The van der Waals surface area contributed by atoms with Gasteiger partial charge in [0.15, 0.2) is 0 Å². The maximum absolute atomic E-state index is 12.7. The van der Waals surface area contributed by atoms with Crippen LogP contribution in [0, 0.1) is 5.41 Å². The van der Waals surface area contributed by atoms with Gasteiger partial charge in [0, 0.05) is 11.7 Å². The molecule has 1 aliphatic heterocycles. The Hall–Kier alpha value is -1.42. The average molecular weight is 260 g/mol. The molecule has 94 valence electrons. The van der Waals surface area contributed by atoms with Gasteiger partial charge in [-0.2, -0.15) is 0 Å². The molecule has 1 fully saturated rings. The fourth-order valence-electron chi connectivity index (χ4n) is 2.80. The summed E-state index contributed by atoms with van der Waals surface area (Å²) in [4.78, 5) is 14.9. The van der Waals surface area contributed by atoms with Crippen molar-refractivity contribution < 1.29 is 4.79 Å². The minimum absolute atomic E-state index is 0.0902. The number of carbonyl (C=O) groups excluding carboxylic acids is 1. The Morgan fingerprint density at radius 2 is 2.11 bits per heavy atom. The van der Waals surface area contributed by atoms with Crippen LogP contribution >= 0.6 is 12.2 Å². The number of carbonyl (C=O) groups is 1. The van der Waals surface area contributed by atoms with Gasteiger partial charge in [0.25, 0.3) is 0 Å². The molecule has 1 aromatic carbocycles. The number of hydrogen-bond acceptors (Lipinski definition) is 2. The van der Waals surface area contributed by atoms with Gasteiger partial charge in [-0.1, -0.05) is 30.4 Å². The highest BCUT2D eigenvalue weighted by Crippen LogP contribution is 2.49. The number of fused-ring (bicyclic) bond motifs is 1. The molecule has 0 radical (unpaired) electrons. The standard InChI is InChI=1S/C14H16N2OS/c1-9-8-10-4-2-3-5-11(10)16(9)13(17)14(6-7-14)12(15)18/h2-5,9H,6-8H2,1H3,(H2,15,18). The Balaban J connectivity index is 1.98. The van der Waals surface area contributed by atoms with Gasteiger partial charge in [-0.15, -0.1) is 0 Å². The average Bonchev–Trinajstić information content (AvgIpc) is 3.07. The quantitative estimate of drug-likeness (QED) is 0.828. The summed E-state index contributed by atoms with van der Waals surface area (Å²) < 4.78 is 0. The third kappa shape index (κ3) is 1.48. The molecule has 1 aromatic rings. The van der Waals surface area contributed by atoms with Crippen molar-refractivity contribution in [3.05, 3.63) is 29.8 Å². The minimum atomic E-state index is -0.555. The van der Waals surface area contributed by atoms with Crippen LogP contribution in [0.5, 0.6) is 0 Å². The fourth-order valence-corrected chi connectivity index (χ4v) is 3.09. The summed E-state index contributed by atoms with van der Waals surface area (Å²) in [5, 5.41) is 0. The molecule has 1 amide bonds. The molecule has 1 heterocycles. The fraction of sp³-hybridized carbons (Fsp3) is 0.429. The number of anilines is 1. The van der Waals surface area contributed by atoms with E-state index < -0.39 is 5.41 Å². The maximum atomic E-state index is 12.7. The first-order chi connectivity index (χ1) is 8.56. The Morgan fingerprint density at radius 1 is 1.44 bits per heavy atom. The van der Waals surface area contributed by atoms with E-state index in [1.807, 2.05) is 23.1 Å². The first-order valence-corrected chi connectivity index (χ1v) is 6.68. The number of benzene rings is 1. The van der Waals surface area contributed by atoms with Gasteiger partial charge in [-0.05, 0) is 37.8 Å². The van der Waals surface area contributed by atoms with E-state index in [-0.39, 0.29) is 11.9 Å². The summed E-state index contributed by atoms with van der Waals surface area (Å²) in [5.41, 5.74) is 7.45. The van der Waals surface area contributed by atoms with Crippen molar-refractivity contribution >= 4 is 28.8 Å². The second kappa shape index (κ2) is 3.79. The molecule has 0 spiro atoms. The van der Waals surface area contributed by atoms with Crippen molar-refractivity contribution in [3.8, 4) is 0 Å². The summed E-state index contributed by atoms with van der Waals surface area (Å²) >= 11 is 5.07. The van der Waals surface area contributed by atoms with Crippen LogP contribution in [0.1, 0.15) is 25.3 Å². The highest BCUT2D eigenvalue weighted by molar-refractivity contribution is 7.80. The Kier molecular flexibility index (Phi) is 2.45. The van der Waals surface area contributed by atoms with Crippen molar-refractivity contribution in [3.63, 3.8) is 0 Å². The summed E-state index contributed by atoms with van der Waals surface area (Å²) in [6.07, 6.45) is 2.51. The first-order valence-electron chi connectivity index (χ1n) is 6.28. The molecule has 1 aliphatic carbocycles. The molecule has 0 bridgehead atoms. The van der Waals surface area contributed by atoms with Crippen LogP contribution in [-0.4, -0.2) is 16.9 Å². The number of para-hydroxylation sites is 1. The highest BCUT2D eigenvalue weighted by Gasteiger charge is 2.56. The molecule has 3 nitrogen and oxygen atoms in total. The van der Waals surface area contributed by atoms with E-state index in [1.54, 1.807) is 0 Å². The van der Waals surface area contributed by atoms with E-state index in [2.05, 4.69) is 13.0 Å². The molecule has 0 aromatic heterocycles. The molecular weight excluding hydrogens is 244 g/mol. The summed E-state index contributed by atoms with van der Waals surface area (Å²) in [6.45, 7) is 2.08. The summed E-state index contributed by atoms with van der Waals surface area (Å²) in [7, 11) is 0. The largest absolute Gasteiger partial charge is 0.392 e. The third-order valence-electron chi connectivity index (χ3n) is 4.06. The summed E-state index contributed by atoms with van der Waals surface area (Å²) in [6, 6.07) is 8.27. The highest BCUT2D eigenvalue weighted by atomic mass is 32.1. The van der Waals surface area contributed by atoms with Gasteiger partial charge >= 0.3 is 0 Å². The molecular formula is C14H16N2OS. The third-order valence-corrected chi connectivity index (χ3v) is 4.45. The van der Waals surface area contributed by atoms with Crippen LogP contribution in [0.2, 0.25) is 0 Å². The zero-order valence-corrected chi connectivity index (χ0v) is 11.2. The van der Waals surface area contributed by atoms with Gasteiger partial charge in [0.05, 0.1) is 10.4 Å². The predicted octanol–water partition coefficient (Wildman–Crippen LogP) is 2.03. The topological polar surface area (TPSA) is 46.3 Å². The summed E-state index contributed by atoms with van der Waals surface area (Å²) in [5.74, 6) is 0.0902. The SMILES string of the molecule is CC1Cc2ccccc2N1C(=O)C1(C(N)=S)CC1. The number of nitrogens with zero attached hydrogens (tertiary/aromatic N) is 1. The van der Waals surface area contributed by atoms with Gasteiger partial charge in [0.2, 0.25) is 5.91 Å². The first kappa shape index (κ1) is 11.7. The van der Waals surface area contributed by atoms with Gasteiger partial charge in [-0.25, -0.2) is 0 Å². The van der Waals surface area contributed by atoms with Gasteiger partial charge < -0.3 is 10.6 Å². The molecule has 4 heteroatoms. The lowest BCUT2D eigenvalue weighted by molar-refractivity contribution is -0.121. The van der Waals surface area contributed by atoms with Crippen LogP contribution in [0.4, 0.5) is 5.69 Å². The lowest BCUT2D eigenvalue weighted by Crippen LogP contribution is -2.45. The Labute approximate surface area is 112 Å². The van der Waals surface area contributed by atoms with Crippen LogP contribution in [0.3, 0.4) is 0 Å². The molecule has 0 saturated heterocycles. The molecule has 2 N–H and O–H groups in total. The second-order valence-electron chi connectivity index (χ2n) is 5.30. The number of thiocarbonyl (C=S) groups is 1. The molecule has 18 heavy (non-hydrogen) atoms. The predicted molar refractivity (Wildman–Crippen MR) is 75.5 cm³/mol. The lowest BCUT2D eigenvalue weighted by Gasteiger charge is -2.27. The van der Waals surface area contributed by atoms with Crippen LogP contribution < -0.4 is 10.6 Å². The smallest absolute Gasteiger partial charge is 0.240 e. The van der Waals surface area contributed by atoms with Crippen molar-refractivity contribution in [2.24, 2.45) is 11.1 Å². The molecule has 3 rings (SSSR count). The van der Waals surface area contributed by atoms with Crippen LogP contribution in [0.25, 0.3) is 0 Å². The number of rotatable bonds is 2. The minimum Gasteiger partial charge on any atom is -0.392 e. The van der Waals surface area contributed by atoms with Crippen molar-refractivity contribution in [2.75, 3.05) is 4.90 Å². The van der Waals surface area contributed by atoms with Crippen molar-refractivity contribution in [2.45, 2.75) is 32.2 Å². The van der Waals surface area contributed by atoms with Crippen LogP contribution in [0.15, 0.2) is 24.3 Å². The second-order valence-corrected chi connectivity index (χ2v) is 5.74. The van der Waals surface area contributed by atoms with E-state index in [9.17, 15) is 4.79 Å².